The van der Waals surface area contributed by atoms with E-state index in [1.165, 1.54) is 0 Å². The molecule has 0 aliphatic rings. The lowest BCUT2D eigenvalue weighted by Gasteiger charge is -2.08. The van der Waals surface area contributed by atoms with E-state index < -0.39 is 0 Å². The number of hydrogen-bond donors (Lipinski definition) is 2. The molecule has 1 rings (SSSR count). The van der Waals surface area contributed by atoms with Gasteiger partial charge in [-0.05, 0) is 31.9 Å². The van der Waals surface area contributed by atoms with Crippen molar-refractivity contribution in [3.05, 3.63) is 16.8 Å². The number of nitrogen functional groups attached to an aromatic ring is 2. The van der Waals surface area contributed by atoms with Crippen LogP contribution in [0.4, 0.5) is 11.5 Å². The van der Waals surface area contributed by atoms with Crippen molar-refractivity contribution in [2.75, 3.05) is 11.5 Å². The fourth-order valence-electron chi connectivity index (χ4n) is 0.990. The summed E-state index contributed by atoms with van der Waals surface area (Å²) in [6.45, 7) is 5.88. The Hall–Kier alpha value is -1.25. The normalized spacial score (nSPS) is 10.1. The first kappa shape index (κ1) is 7.85. The number of hydrogen-bond acceptors (Lipinski definition) is 3. The first-order chi connectivity index (χ1) is 5.04. The number of aromatic nitrogens is 1. The van der Waals surface area contributed by atoms with Crippen LogP contribution in [0.15, 0.2) is 0 Å². The van der Waals surface area contributed by atoms with E-state index in [-0.39, 0.29) is 0 Å². The topological polar surface area (TPSA) is 64.9 Å². The van der Waals surface area contributed by atoms with E-state index in [0.717, 1.165) is 16.8 Å². The summed E-state index contributed by atoms with van der Waals surface area (Å²) in [5.74, 6) is 0.436. The maximum atomic E-state index is 5.66. The molecule has 0 aromatic carbocycles. The van der Waals surface area contributed by atoms with Crippen molar-refractivity contribution in [3.63, 3.8) is 0 Å². The highest BCUT2D eigenvalue weighted by molar-refractivity contribution is 5.65. The molecule has 0 bridgehead atoms. The van der Waals surface area contributed by atoms with E-state index in [1.54, 1.807) is 0 Å². The molecule has 0 unspecified atom stereocenters. The molecule has 0 atom stereocenters. The van der Waals surface area contributed by atoms with E-state index >= 15 is 0 Å². The van der Waals surface area contributed by atoms with Gasteiger partial charge >= 0.3 is 0 Å². The number of nitrogens with two attached hydrogens (primary N) is 2. The predicted molar refractivity (Wildman–Crippen MR) is 47.3 cm³/mol. The molecular formula is C8H13N3. The van der Waals surface area contributed by atoms with Crippen molar-refractivity contribution in [3.8, 4) is 0 Å². The van der Waals surface area contributed by atoms with Gasteiger partial charge in [-0.15, -0.1) is 0 Å². The third kappa shape index (κ3) is 1.13. The maximum absolute atomic E-state index is 5.66. The van der Waals surface area contributed by atoms with Gasteiger partial charge in [0, 0.05) is 5.69 Å². The molecule has 0 aliphatic heterocycles. The standard InChI is InChI=1S/C8H13N3/c1-4-5(2)7(9)8(10)11-6(4)3/h9H2,1-3H3,(H2,10,11). The molecule has 11 heavy (non-hydrogen) atoms. The van der Waals surface area contributed by atoms with Crippen LogP contribution in [0.5, 0.6) is 0 Å². The fraction of sp³-hybridized carbons (Fsp3) is 0.375. The molecule has 0 amide bonds. The van der Waals surface area contributed by atoms with E-state index in [1.807, 2.05) is 20.8 Å². The van der Waals surface area contributed by atoms with Gasteiger partial charge in [0.15, 0.2) is 0 Å². The Balaban J connectivity index is 3.46. The number of nitrogens with zero attached hydrogens (tertiary/aromatic N) is 1. The molecule has 60 valence electrons. The lowest BCUT2D eigenvalue weighted by molar-refractivity contribution is 1.13. The summed E-state index contributed by atoms with van der Waals surface area (Å²) in [5, 5.41) is 0. The highest BCUT2D eigenvalue weighted by Crippen LogP contribution is 2.21. The van der Waals surface area contributed by atoms with Crippen molar-refractivity contribution in [2.24, 2.45) is 0 Å². The van der Waals surface area contributed by atoms with Crippen LogP contribution in [0.25, 0.3) is 0 Å². The molecule has 3 heteroatoms. The molecule has 0 spiro atoms. The fourth-order valence-corrected chi connectivity index (χ4v) is 0.990. The third-order valence-corrected chi connectivity index (χ3v) is 2.07. The monoisotopic (exact) mass is 151 g/mol. The summed E-state index contributed by atoms with van der Waals surface area (Å²) in [6.07, 6.45) is 0. The summed E-state index contributed by atoms with van der Waals surface area (Å²) in [7, 11) is 0. The molecule has 0 saturated heterocycles. The van der Waals surface area contributed by atoms with E-state index in [2.05, 4.69) is 4.98 Å². The second-order valence-corrected chi connectivity index (χ2v) is 2.75. The van der Waals surface area contributed by atoms with Crippen molar-refractivity contribution in [2.45, 2.75) is 20.8 Å². The van der Waals surface area contributed by atoms with E-state index in [0.29, 0.717) is 11.5 Å². The Labute approximate surface area is 66.4 Å². The molecule has 1 aromatic rings. The summed E-state index contributed by atoms with van der Waals surface area (Å²) >= 11 is 0. The third-order valence-electron chi connectivity index (χ3n) is 2.07. The summed E-state index contributed by atoms with van der Waals surface area (Å²) in [4.78, 5) is 4.09. The van der Waals surface area contributed by atoms with Gasteiger partial charge in [-0.2, -0.15) is 0 Å². The Bertz CT molecular complexity index is 266. The van der Waals surface area contributed by atoms with Crippen molar-refractivity contribution in [1.82, 2.24) is 4.98 Å². The largest absolute Gasteiger partial charge is 0.396 e. The number of rotatable bonds is 0. The zero-order chi connectivity index (χ0) is 8.59. The lowest BCUT2D eigenvalue weighted by Crippen LogP contribution is -2.04. The van der Waals surface area contributed by atoms with Gasteiger partial charge in [-0.3, -0.25) is 0 Å². The number of anilines is 2. The molecule has 0 aliphatic carbocycles. The minimum atomic E-state index is 0.436. The number of aryl methyl sites for hydroxylation is 1. The molecule has 0 fully saturated rings. The average Bonchev–Trinajstić information content (AvgIpc) is 1.97. The molecular weight excluding hydrogens is 138 g/mol. The first-order valence-corrected chi connectivity index (χ1v) is 3.52. The van der Waals surface area contributed by atoms with Crippen LogP contribution < -0.4 is 11.5 Å². The quantitative estimate of drug-likeness (QED) is 0.585. The minimum absolute atomic E-state index is 0.436. The number of pyridine rings is 1. The molecule has 3 nitrogen and oxygen atoms in total. The van der Waals surface area contributed by atoms with Gasteiger partial charge in [0.05, 0.1) is 5.69 Å². The average molecular weight is 151 g/mol. The van der Waals surface area contributed by atoms with Crippen LogP contribution in [-0.4, -0.2) is 4.98 Å². The SMILES string of the molecule is Cc1nc(N)c(N)c(C)c1C. The molecule has 0 radical (unpaired) electrons. The Morgan fingerprint density at radius 1 is 1.00 bits per heavy atom. The van der Waals surface area contributed by atoms with Gasteiger partial charge in [0.2, 0.25) is 0 Å². The molecule has 4 N–H and O–H groups in total. The minimum Gasteiger partial charge on any atom is -0.396 e. The molecule has 1 heterocycles. The predicted octanol–water partition coefficient (Wildman–Crippen LogP) is 1.17. The lowest BCUT2D eigenvalue weighted by atomic mass is 10.1. The highest BCUT2D eigenvalue weighted by atomic mass is 14.9. The van der Waals surface area contributed by atoms with E-state index in [9.17, 15) is 0 Å². The highest BCUT2D eigenvalue weighted by Gasteiger charge is 2.05. The van der Waals surface area contributed by atoms with Gasteiger partial charge in [-0.1, -0.05) is 0 Å². The van der Waals surface area contributed by atoms with Gasteiger partial charge < -0.3 is 11.5 Å². The van der Waals surface area contributed by atoms with Gasteiger partial charge in [0.1, 0.15) is 5.82 Å². The summed E-state index contributed by atoms with van der Waals surface area (Å²) in [5.41, 5.74) is 14.9. The molecule has 0 saturated carbocycles. The van der Waals surface area contributed by atoms with E-state index in [4.69, 9.17) is 11.5 Å². The van der Waals surface area contributed by atoms with Gasteiger partial charge in [0.25, 0.3) is 0 Å². The smallest absolute Gasteiger partial charge is 0.147 e. The Morgan fingerprint density at radius 3 is 2.09 bits per heavy atom. The zero-order valence-electron chi connectivity index (χ0n) is 7.10. The summed E-state index contributed by atoms with van der Waals surface area (Å²) in [6, 6.07) is 0. The van der Waals surface area contributed by atoms with Crippen LogP contribution in [0, 0.1) is 20.8 Å². The summed E-state index contributed by atoms with van der Waals surface area (Å²) < 4.78 is 0. The van der Waals surface area contributed by atoms with Crippen molar-refractivity contribution < 1.29 is 0 Å². The van der Waals surface area contributed by atoms with Crippen LogP contribution in [0.3, 0.4) is 0 Å². The van der Waals surface area contributed by atoms with Crippen molar-refractivity contribution >= 4 is 11.5 Å². The van der Waals surface area contributed by atoms with Crippen LogP contribution in [0.2, 0.25) is 0 Å². The van der Waals surface area contributed by atoms with Crippen LogP contribution >= 0.6 is 0 Å². The van der Waals surface area contributed by atoms with Crippen LogP contribution in [-0.2, 0) is 0 Å². The zero-order valence-corrected chi connectivity index (χ0v) is 7.10. The first-order valence-electron chi connectivity index (χ1n) is 3.52. The second-order valence-electron chi connectivity index (χ2n) is 2.75. The Kier molecular flexibility index (Phi) is 1.72. The second kappa shape index (κ2) is 2.42. The maximum Gasteiger partial charge on any atom is 0.147 e. The molecule has 1 aromatic heterocycles. The van der Waals surface area contributed by atoms with Gasteiger partial charge in [-0.25, -0.2) is 4.98 Å². The van der Waals surface area contributed by atoms with Crippen molar-refractivity contribution in [1.29, 1.82) is 0 Å². The van der Waals surface area contributed by atoms with Crippen LogP contribution in [0.1, 0.15) is 16.8 Å². The Morgan fingerprint density at radius 2 is 1.55 bits per heavy atom.